The normalized spacial score (nSPS) is 8.94. The fourth-order valence-electron chi connectivity index (χ4n) is 1.22. The smallest absolute Gasteiger partial charge is 0.150 e. The molecule has 3 heteroatoms. The van der Waals surface area contributed by atoms with Gasteiger partial charge in [0.1, 0.15) is 12.6 Å². The molecule has 0 fully saturated rings. The summed E-state index contributed by atoms with van der Waals surface area (Å²) in [5, 5.41) is 0. The molecule has 0 aliphatic heterocycles. The molecule has 2 nitrogen and oxygen atoms in total. The Bertz CT molecular complexity index is 478. The Kier molecular flexibility index (Phi) is 6.94. The highest BCUT2D eigenvalue weighted by atomic mass is 127. The molecule has 0 spiro atoms. The van der Waals surface area contributed by atoms with Crippen molar-refractivity contribution < 1.29 is 9.59 Å². The monoisotopic (exact) mass is 352 g/mol. The van der Waals surface area contributed by atoms with Crippen LogP contribution in [-0.4, -0.2) is 12.6 Å². The largest absolute Gasteiger partial charge is 0.298 e. The van der Waals surface area contributed by atoms with Crippen LogP contribution in [0.25, 0.3) is 0 Å². The first-order valence-corrected chi connectivity index (χ1v) is 6.93. The summed E-state index contributed by atoms with van der Waals surface area (Å²) >= 11 is 2.29. The van der Waals surface area contributed by atoms with Crippen LogP contribution < -0.4 is 0 Å². The van der Waals surface area contributed by atoms with Crippen molar-refractivity contribution in [2.75, 3.05) is 0 Å². The lowest BCUT2D eigenvalue weighted by Crippen LogP contribution is -1.80. The second kappa shape index (κ2) is 8.58. The zero-order valence-electron chi connectivity index (χ0n) is 9.75. The van der Waals surface area contributed by atoms with Crippen LogP contribution in [0, 0.1) is 0 Å². The molecule has 0 radical (unpaired) electrons. The lowest BCUT2D eigenvalue weighted by molar-refractivity contribution is 0.111. The molecule has 18 heavy (non-hydrogen) atoms. The van der Waals surface area contributed by atoms with Crippen molar-refractivity contribution in [1.82, 2.24) is 0 Å². The van der Waals surface area contributed by atoms with Crippen molar-refractivity contribution in [1.29, 1.82) is 0 Å². The highest BCUT2D eigenvalue weighted by Crippen LogP contribution is 2.06. The maximum absolute atomic E-state index is 10.2. The van der Waals surface area contributed by atoms with E-state index >= 15 is 0 Å². The van der Waals surface area contributed by atoms with E-state index in [9.17, 15) is 9.59 Å². The van der Waals surface area contributed by atoms with Crippen LogP contribution in [0.1, 0.15) is 26.3 Å². The van der Waals surface area contributed by atoms with Crippen molar-refractivity contribution in [2.24, 2.45) is 0 Å². The number of benzene rings is 2. The third kappa shape index (κ3) is 5.23. The van der Waals surface area contributed by atoms with Gasteiger partial charge in [0.25, 0.3) is 0 Å². The van der Waals surface area contributed by atoms with Gasteiger partial charge in [0.15, 0.2) is 0 Å². The van der Waals surface area contributed by atoms with Crippen LogP contribution in [0.4, 0.5) is 0 Å². The van der Waals surface area contributed by atoms with Crippen LogP contribution in [0.2, 0.25) is 0 Å². The van der Waals surface area contributed by atoms with Crippen molar-refractivity contribution >= 4 is 35.2 Å². The van der Waals surface area contributed by atoms with E-state index in [1.165, 1.54) is 5.56 Å². The second-order valence-electron chi connectivity index (χ2n) is 3.52. The summed E-state index contributed by atoms with van der Waals surface area (Å²) in [5.74, 6) is 0. The molecule has 2 aromatic rings. The first-order chi connectivity index (χ1) is 8.80. The van der Waals surface area contributed by atoms with Crippen LogP contribution >= 0.6 is 22.6 Å². The molecule has 0 amide bonds. The van der Waals surface area contributed by atoms with Crippen LogP contribution in [-0.2, 0) is 4.43 Å². The SMILES string of the molecule is O=Cc1ccc(CI)cc1.O=Cc1ccccc1. The lowest BCUT2D eigenvalue weighted by atomic mass is 10.2. The third-order valence-electron chi connectivity index (χ3n) is 2.21. The predicted molar refractivity (Wildman–Crippen MR) is 81.4 cm³/mol. The molecule has 0 N–H and O–H groups in total. The van der Waals surface area contributed by atoms with Gasteiger partial charge in [-0.2, -0.15) is 0 Å². The van der Waals surface area contributed by atoms with Crippen molar-refractivity contribution in [3.05, 3.63) is 71.3 Å². The Morgan fingerprint density at radius 2 is 1.28 bits per heavy atom. The highest BCUT2D eigenvalue weighted by Gasteiger charge is 1.89. The fourth-order valence-corrected chi connectivity index (χ4v) is 1.73. The molecule has 0 aliphatic carbocycles. The molecular weight excluding hydrogens is 339 g/mol. The van der Waals surface area contributed by atoms with Crippen molar-refractivity contribution in [3.63, 3.8) is 0 Å². The highest BCUT2D eigenvalue weighted by molar-refractivity contribution is 14.1. The van der Waals surface area contributed by atoms with Gasteiger partial charge in [0.05, 0.1) is 0 Å². The molecular formula is C15H13IO2. The maximum atomic E-state index is 10.2. The predicted octanol–water partition coefficient (Wildman–Crippen LogP) is 3.93. The number of hydrogen-bond acceptors (Lipinski definition) is 2. The van der Waals surface area contributed by atoms with E-state index in [1.54, 1.807) is 12.1 Å². The van der Waals surface area contributed by atoms with E-state index in [4.69, 9.17) is 0 Å². The molecule has 0 saturated carbocycles. The standard InChI is InChI=1S/C8H7IO.C7H6O/c9-5-7-1-3-8(6-10)4-2-7;8-6-7-4-2-1-3-5-7/h1-4,6H,5H2;1-6H. The lowest BCUT2D eigenvalue weighted by Gasteiger charge is -1.92. The minimum Gasteiger partial charge on any atom is -0.298 e. The van der Waals surface area contributed by atoms with Gasteiger partial charge >= 0.3 is 0 Å². The number of aldehydes is 2. The van der Waals surface area contributed by atoms with Gasteiger partial charge in [-0.15, -0.1) is 0 Å². The topological polar surface area (TPSA) is 34.1 Å². The summed E-state index contributed by atoms with van der Waals surface area (Å²) in [4.78, 5) is 20.2. The number of hydrogen-bond donors (Lipinski definition) is 0. The quantitative estimate of drug-likeness (QED) is 0.477. The Morgan fingerprint density at radius 1 is 0.778 bits per heavy atom. The molecule has 2 rings (SSSR count). The summed E-state index contributed by atoms with van der Waals surface area (Å²) in [6.07, 6.45) is 1.69. The van der Waals surface area contributed by atoms with E-state index in [-0.39, 0.29) is 0 Å². The summed E-state index contributed by atoms with van der Waals surface area (Å²) in [6.45, 7) is 0. The second-order valence-corrected chi connectivity index (χ2v) is 4.28. The maximum Gasteiger partial charge on any atom is 0.150 e. The van der Waals surface area contributed by atoms with Gasteiger partial charge in [-0.25, -0.2) is 0 Å². The minimum absolute atomic E-state index is 0.729. The number of halogens is 1. The molecule has 0 atom stereocenters. The minimum atomic E-state index is 0.729. The molecule has 0 bridgehead atoms. The Balaban J connectivity index is 0.000000184. The zero-order chi connectivity index (χ0) is 13.2. The van der Waals surface area contributed by atoms with Crippen LogP contribution in [0.3, 0.4) is 0 Å². The van der Waals surface area contributed by atoms with Crippen molar-refractivity contribution in [2.45, 2.75) is 4.43 Å². The van der Waals surface area contributed by atoms with E-state index in [1.807, 2.05) is 42.5 Å². The van der Waals surface area contributed by atoms with Gasteiger partial charge in [0, 0.05) is 15.6 Å². The van der Waals surface area contributed by atoms with E-state index in [2.05, 4.69) is 22.6 Å². The average Bonchev–Trinajstić information content (AvgIpc) is 2.49. The van der Waals surface area contributed by atoms with E-state index < -0.39 is 0 Å². The molecule has 92 valence electrons. The molecule has 0 heterocycles. The summed E-state index contributed by atoms with van der Waals surface area (Å²) in [7, 11) is 0. The number of carbonyl (C=O) groups is 2. The van der Waals surface area contributed by atoms with Gasteiger partial charge in [0.2, 0.25) is 0 Å². The summed E-state index contributed by atoms with van der Waals surface area (Å²) < 4.78 is 0.997. The van der Waals surface area contributed by atoms with Gasteiger partial charge in [-0.1, -0.05) is 77.2 Å². The molecule has 0 unspecified atom stereocenters. The van der Waals surface area contributed by atoms with Gasteiger partial charge < -0.3 is 0 Å². The molecule has 0 saturated heterocycles. The average molecular weight is 352 g/mol. The Morgan fingerprint density at radius 3 is 1.67 bits per heavy atom. The Hall–Kier alpha value is -1.49. The summed E-state index contributed by atoms with van der Waals surface area (Å²) in [6, 6.07) is 16.7. The molecule has 0 aliphatic rings. The van der Waals surface area contributed by atoms with Crippen LogP contribution in [0.15, 0.2) is 54.6 Å². The summed E-state index contributed by atoms with van der Waals surface area (Å²) in [5.41, 5.74) is 2.73. The Labute approximate surface area is 120 Å². The van der Waals surface area contributed by atoms with E-state index in [0.717, 1.165) is 28.1 Å². The first kappa shape index (κ1) is 14.6. The number of alkyl halides is 1. The van der Waals surface area contributed by atoms with Gasteiger partial charge in [-0.3, -0.25) is 9.59 Å². The van der Waals surface area contributed by atoms with E-state index in [0.29, 0.717) is 0 Å². The van der Waals surface area contributed by atoms with Crippen molar-refractivity contribution in [3.8, 4) is 0 Å². The molecule has 0 aromatic heterocycles. The fraction of sp³-hybridized carbons (Fsp3) is 0.0667. The molecule has 2 aromatic carbocycles. The number of rotatable bonds is 3. The first-order valence-electron chi connectivity index (χ1n) is 5.40. The van der Waals surface area contributed by atoms with Gasteiger partial charge in [-0.05, 0) is 5.56 Å². The zero-order valence-corrected chi connectivity index (χ0v) is 11.9. The van der Waals surface area contributed by atoms with Crippen LogP contribution in [0.5, 0.6) is 0 Å². The number of carbonyl (C=O) groups excluding carboxylic acids is 2. The third-order valence-corrected chi connectivity index (χ3v) is 3.09.